The second-order valence-electron chi connectivity index (χ2n) is 5.89. The van der Waals surface area contributed by atoms with Gasteiger partial charge in [0.1, 0.15) is 11.6 Å². The van der Waals surface area contributed by atoms with E-state index in [-0.39, 0.29) is 12.3 Å². The predicted molar refractivity (Wildman–Crippen MR) is 75.5 cm³/mol. The first-order valence-electron chi connectivity index (χ1n) is 7.52. The van der Waals surface area contributed by atoms with Crippen molar-refractivity contribution >= 4 is 10.0 Å². The molecule has 0 spiro atoms. The van der Waals surface area contributed by atoms with E-state index in [1.807, 2.05) is 0 Å². The summed E-state index contributed by atoms with van der Waals surface area (Å²) in [6.07, 6.45) is 7.62. The third kappa shape index (κ3) is 3.20. The van der Waals surface area contributed by atoms with Gasteiger partial charge in [-0.15, -0.1) is 10.2 Å². The van der Waals surface area contributed by atoms with E-state index >= 15 is 0 Å². The standard InChI is InChI=1S/C13H22N4O2S/c18-20(19,10-11-5-1-2-6-11)14-9-13-16-15-12-7-3-4-8-17(12)13/h11,14H,1-10H2. The summed E-state index contributed by atoms with van der Waals surface area (Å²) in [5.41, 5.74) is 0. The van der Waals surface area contributed by atoms with Crippen LogP contribution in [0.15, 0.2) is 0 Å². The van der Waals surface area contributed by atoms with Gasteiger partial charge in [-0.1, -0.05) is 12.8 Å². The van der Waals surface area contributed by atoms with Crippen LogP contribution in [0.4, 0.5) is 0 Å². The molecule has 0 atom stereocenters. The lowest BCUT2D eigenvalue weighted by molar-refractivity contribution is 0.502. The summed E-state index contributed by atoms with van der Waals surface area (Å²) in [6.45, 7) is 1.17. The second kappa shape index (κ2) is 5.81. The maximum absolute atomic E-state index is 12.1. The largest absolute Gasteiger partial charge is 0.314 e. The minimum absolute atomic E-state index is 0.258. The van der Waals surface area contributed by atoms with E-state index in [9.17, 15) is 8.42 Å². The highest BCUT2D eigenvalue weighted by Gasteiger charge is 2.23. The number of hydrogen-bond donors (Lipinski definition) is 1. The second-order valence-corrected chi connectivity index (χ2v) is 7.75. The summed E-state index contributed by atoms with van der Waals surface area (Å²) in [5, 5.41) is 8.26. The van der Waals surface area contributed by atoms with E-state index in [1.54, 1.807) is 0 Å². The zero-order valence-electron chi connectivity index (χ0n) is 11.7. The Kier molecular flexibility index (Phi) is 4.07. The molecule has 2 aliphatic rings. The molecule has 1 aliphatic heterocycles. The van der Waals surface area contributed by atoms with Crippen LogP contribution in [0.3, 0.4) is 0 Å². The van der Waals surface area contributed by atoms with Gasteiger partial charge in [0.2, 0.25) is 10.0 Å². The first-order chi connectivity index (χ1) is 9.64. The topological polar surface area (TPSA) is 76.9 Å². The molecule has 1 N–H and O–H groups in total. The smallest absolute Gasteiger partial charge is 0.212 e. The first-order valence-corrected chi connectivity index (χ1v) is 9.17. The zero-order valence-corrected chi connectivity index (χ0v) is 12.5. The van der Waals surface area contributed by atoms with Crippen LogP contribution in [0, 0.1) is 5.92 Å². The lowest BCUT2D eigenvalue weighted by Crippen LogP contribution is -2.30. The molecule has 0 radical (unpaired) electrons. The minimum Gasteiger partial charge on any atom is -0.314 e. The first kappa shape index (κ1) is 14.0. The molecule has 0 saturated heterocycles. The maximum Gasteiger partial charge on any atom is 0.212 e. The van der Waals surface area contributed by atoms with E-state index in [1.165, 1.54) is 0 Å². The van der Waals surface area contributed by atoms with Crippen molar-refractivity contribution in [3.8, 4) is 0 Å². The van der Waals surface area contributed by atoms with Gasteiger partial charge in [-0.2, -0.15) is 0 Å². The van der Waals surface area contributed by atoms with Crippen LogP contribution in [0.1, 0.15) is 50.2 Å². The Morgan fingerprint density at radius 3 is 2.75 bits per heavy atom. The lowest BCUT2D eigenvalue weighted by Gasteiger charge is -2.15. The van der Waals surface area contributed by atoms with Crippen molar-refractivity contribution < 1.29 is 8.42 Å². The fourth-order valence-corrected chi connectivity index (χ4v) is 4.64. The molecule has 0 amide bonds. The predicted octanol–water partition coefficient (Wildman–Crippen LogP) is 1.22. The molecule has 0 unspecified atom stereocenters. The third-order valence-corrected chi connectivity index (χ3v) is 5.81. The molecule has 1 aliphatic carbocycles. The van der Waals surface area contributed by atoms with Crippen molar-refractivity contribution in [2.24, 2.45) is 5.92 Å². The highest BCUT2D eigenvalue weighted by Crippen LogP contribution is 2.25. The van der Waals surface area contributed by atoms with Gasteiger partial charge in [-0.25, -0.2) is 13.1 Å². The molecule has 6 nitrogen and oxygen atoms in total. The van der Waals surface area contributed by atoms with Crippen LogP contribution < -0.4 is 4.72 Å². The Balaban J connectivity index is 1.59. The molecule has 1 aromatic heterocycles. The van der Waals surface area contributed by atoms with E-state index in [0.29, 0.717) is 5.92 Å². The summed E-state index contributed by atoms with van der Waals surface area (Å²) in [6, 6.07) is 0. The van der Waals surface area contributed by atoms with E-state index in [0.717, 1.165) is 63.1 Å². The molecule has 1 saturated carbocycles. The Bertz CT molecular complexity index is 561. The molecular weight excluding hydrogens is 276 g/mol. The fraction of sp³-hybridized carbons (Fsp3) is 0.846. The lowest BCUT2D eigenvalue weighted by atomic mass is 10.1. The summed E-state index contributed by atoms with van der Waals surface area (Å²) in [7, 11) is -3.20. The quantitative estimate of drug-likeness (QED) is 0.887. The number of aryl methyl sites for hydroxylation is 1. The van der Waals surface area contributed by atoms with E-state index in [4.69, 9.17) is 0 Å². The van der Waals surface area contributed by atoms with Crippen LogP contribution in [0.5, 0.6) is 0 Å². The average Bonchev–Trinajstić information content (AvgIpc) is 3.05. The average molecular weight is 298 g/mol. The fourth-order valence-electron chi connectivity index (χ4n) is 3.22. The minimum atomic E-state index is -3.20. The number of hydrogen-bond acceptors (Lipinski definition) is 4. The Labute approximate surface area is 120 Å². The maximum atomic E-state index is 12.1. The molecule has 2 heterocycles. The Morgan fingerprint density at radius 2 is 1.95 bits per heavy atom. The van der Waals surface area contributed by atoms with Crippen molar-refractivity contribution in [2.75, 3.05) is 5.75 Å². The van der Waals surface area contributed by atoms with Crippen molar-refractivity contribution in [3.05, 3.63) is 11.6 Å². The third-order valence-electron chi connectivity index (χ3n) is 4.32. The molecule has 3 rings (SSSR count). The molecule has 1 fully saturated rings. The monoisotopic (exact) mass is 298 g/mol. The van der Waals surface area contributed by atoms with E-state index in [2.05, 4.69) is 19.5 Å². The van der Waals surface area contributed by atoms with Gasteiger partial charge in [-0.3, -0.25) is 0 Å². The molecule has 112 valence electrons. The summed E-state index contributed by atoms with van der Waals surface area (Å²) < 4.78 is 28.9. The van der Waals surface area contributed by atoms with Gasteiger partial charge in [0.25, 0.3) is 0 Å². The van der Waals surface area contributed by atoms with Gasteiger partial charge in [0, 0.05) is 13.0 Å². The summed E-state index contributed by atoms with van der Waals surface area (Å²) in [5.74, 6) is 2.32. The number of fused-ring (bicyclic) bond motifs is 1. The SMILES string of the molecule is O=S(=O)(CC1CCCC1)NCc1nnc2n1CCCC2. The Hall–Kier alpha value is -0.950. The molecule has 0 bridgehead atoms. The molecule has 1 aromatic rings. The zero-order chi connectivity index (χ0) is 14.0. The van der Waals surface area contributed by atoms with Gasteiger partial charge in [0.15, 0.2) is 0 Å². The van der Waals surface area contributed by atoms with Crippen LogP contribution in [0.2, 0.25) is 0 Å². The Morgan fingerprint density at radius 1 is 1.15 bits per heavy atom. The summed E-state index contributed by atoms with van der Waals surface area (Å²) in [4.78, 5) is 0. The van der Waals surface area contributed by atoms with Crippen LogP contribution in [0.25, 0.3) is 0 Å². The molecular formula is C13H22N4O2S. The van der Waals surface area contributed by atoms with Crippen LogP contribution in [-0.2, 0) is 29.5 Å². The van der Waals surface area contributed by atoms with Gasteiger partial charge >= 0.3 is 0 Å². The van der Waals surface area contributed by atoms with Crippen LogP contribution in [-0.4, -0.2) is 28.9 Å². The van der Waals surface area contributed by atoms with Gasteiger partial charge < -0.3 is 4.57 Å². The van der Waals surface area contributed by atoms with Crippen molar-refractivity contribution in [1.82, 2.24) is 19.5 Å². The highest BCUT2D eigenvalue weighted by molar-refractivity contribution is 7.89. The molecule has 7 heteroatoms. The summed E-state index contributed by atoms with van der Waals surface area (Å²) >= 11 is 0. The van der Waals surface area contributed by atoms with Crippen LogP contribution >= 0.6 is 0 Å². The highest BCUT2D eigenvalue weighted by atomic mass is 32.2. The van der Waals surface area contributed by atoms with Crippen molar-refractivity contribution in [1.29, 1.82) is 0 Å². The molecule has 0 aromatic carbocycles. The number of nitrogens with zero attached hydrogens (tertiary/aromatic N) is 3. The number of sulfonamides is 1. The van der Waals surface area contributed by atoms with Crippen molar-refractivity contribution in [2.45, 2.75) is 58.0 Å². The number of rotatable bonds is 5. The van der Waals surface area contributed by atoms with Gasteiger partial charge in [0.05, 0.1) is 12.3 Å². The van der Waals surface area contributed by atoms with Gasteiger partial charge in [-0.05, 0) is 31.6 Å². The van der Waals surface area contributed by atoms with E-state index < -0.39 is 10.0 Å². The molecule has 20 heavy (non-hydrogen) atoms. The van der Waals surface area contributed by atoms with Crippen molar-refractivity contribution in [3.63, 3.8) is 0 Å². The number of aromatic nitrogens is 3. The normalized spacial score (nSPS) is 20.2. The number of nitrogens with one attached hydrogen (secondary N) is 1.